The van der Waals surface area contributed by atoms with Crippen molar-refractivity contribution in [3.8, 4) is 11.4 Å². The number of nitrogens with one attached hydrogen (secondary N) is 1. The van der Waals surface area contributed by atoms with Gasteiger partial charge in [-0.1, -0.05) is 25.9 Å². The van der Waals surface area contributed by atoms with Crippen LogP contribution in [0.1, 0.15) is 51.2 Å². The molecule has 2 aromatic rings. The molecule has 0 fully saturated rings. The molecule has 2 aromatic heterocycles. The Hall–Kier alpha value is -1.62. The van der Waals surface area contributed by atoms with Crippen molar-refractivity contribution < 1.29 is 8.94 Å². The molecule has 0 saturated heterocycles. The molecular weight excluding hydrogens is 254 g/mol. The van der Waals surface area contributed by atoms with E-state index in [1.54, 1.807) is 6.26 Å². The minimum atomic E-state index is 0.194. The molecule has 0 aliphatic rings. The Bertz CT molecular complexity index is 533. The van der Waals surface area contributed by atoms with Crippen molar-refractivity contribution in [1.29, 1.82) is 0 Å². The number of aryl methyl sites for hydroxylation is 1. The van der Waals surface area contributed by atoms with E-state index in [0.717, 1.165) is 30.7 Å². The zero-order valence-corrected chi connectivity index (χ0v) is 12.6. The molecule has 0 bridgehead atoms. The molecule has 2 rings (SSSR count). The zero-order chi connectivity index (χ0) is 14.5. The molecular formula is C15H23N3O2. The number of aromatic nitrogens is 2. The zero-order valence-electron chi connectivity index (χ0n) is 12.6. The van der Waals surface area contributed by atoms with Gasteiger partial charge in [-0.25, -0.2) is 0 Å². The lowest BCUT2D eigenvalue weighted by atomic mass is 9.99. The molecule has 0 saturated carbocycles. The molecule has 2 atom stereocenters. The Kier molecular flexibility index (Phi) is 4.95. The van der Waals surface area contributed by atoms with E-state index in [-0.39, 0.29) is 5.92 Å². The van der Waals surface area contributed by atoms with E-state index in [4.69, 9.17) is 8.94 Å². The third kappa shape index (κ3) is 3.10. The Morgan fingerprint density at radius 1 is 1.35 bits per heavy atom. The quantitative estimate of drug-likeness (QED) is 0.839. The largest absolute Gasteiger partial charge is 0.469 e. The van der Waals surface area contributed by atoms with E-state index in [2.05, 4.69) is 36.2 Å². The second kappa shape index (κ2) is 6.70. The van der Waals surface area contributed by atoms with E-state index in [0.29, 0.717) is 17.8 Å². The van der Waals surface area contributed by atoms with Crippen LogP contribution in [0.3, 0.4) is 0 Å². The van der Waals surface area contributed by atoms with E-state index < -0.39 is 0 Å². The first-order valence-electron chi connectivity index (χ1n) is 7.28. The summed E-state index contributed by atoms with van der Waals surface area (Å²) in [6.45, 7) is 9.35. The van der Waals surface area contributed by atoms with Gasteiger partial charge in [0.25, 0.3) is 0 Å². The fourth-order valence-electron chi connectivity index (χ4n) is 2.32. The van der Waals surface area contributed by atoms with Gasteiger partial charge in [0.05, 0.1) is 17.7 Å². The molecule has 0 aliphatic carbocycles. The summed E-state index contributed by atoms with van der Waals surface area (Å²) in [4.78, 5) is 4.51. The highest BCUT2D eigenvalue weighted by Crippen LogP contribution is 2.25. The second-order valence-corrected chi connectivity index (χ2v) is 5.10. The molecule has 2 heterocycles. The third-order valence-electron chi connectivity index (χ3n) is 3.63. The third-order valence-corrected chi connectivity index (χ3v) is 3.63. The minimum absolute atomic E-state index is 0.194. The van der Waals surface area contributed by atoms with E-state index in [1.165, 1.54) is 0 Å². The van der Waals surface area contributed by atoms with Crippen LogP contribution in [0.15, 0.2) is 21.3 Å². The van der Waals surface area contributed by atoms with Crippen molar-refractivity contribution in [2.45, 2.75) is 52.5 Å². The molecule has 0 aliphatic heterocycles. The van der Waals surface area contributed by atoms with Crippen molar-refractivity contribution >= 4 is 0 Å². The SMILES string of the molecule is CCCNC(CC)C(C)c1nc(-c2ccoc2C)no1. The Labute approximate surface area is 119 Å². The van der Waals surface area contributed by atoms with Crippen LogP contribution in [0.2, 0.25) is 0 Å². The maximum absolute atomic E-state index is 5.43. The predicted molar refractivity (Wildman–Crippen MR) is 77.5 cm³/mol. The average molecular weight is 277 g/mol. The molecule has 0 amide bonds. The van der Waals surface area contributed by atoms with Gasteiger partial charge in [0.1, 0.15) is 5.76 Å². The monoisotopic (exact) mass is 277 g/mol. The molecule has 0 aromatic carbocycles. The lowest BCUT2D eigenvalue weighted by Gasteiger charge is -2.20. The van der Waals surface area contributed by atoms with Crippen LogP contribution in [0.4, 0.5) is 0 Å². The van der Waals surface area contributed by atoms with Crippen molar-refractivity contribution in [1.82, 2.24) is 15.5 Å². The standard InChI is InChI=1S/C15H23N3O2/c1-5-8-16-13(6-2)10(3)15-17-14(18-20-15)12-7-9-19-11(12)4/h7,9-10,13,16H,5-6,8H2,1-4H3. The summed E-state index contributed by atoms with van der Waals surface area (Å²) in [5, 5.41) is 7.59. The van der Waals surface area contributed by atoms with Gasteiger partial charge in [-0.05, 0) is 32.4 Å². The Morgan fingerprint density at radius 3 is 2.75 bits per heavy atom. The van der Waals surface area contributed by atoms with E-state index >= 15 is 0 Å². The van der Waals surface area contributed by atoms with Crippen LogP contribution in [0, 0.1) is 6.92 Å². The van der Waals surface area contributed by atoms with Crippen molar-refractivity contribution in [3.05, 3.63) is 24.0 Å². The molecule has 2 unspecified atom stereocenters. The summed E-state index contributed by atoms with van der Waals surface area (Å²) in [5.74, 6) is 2.28. The molecule has 5 nitrogen and oxygen atoms in total. The van der Waals surface area contributed by atoms with Crippen molar-refractivity contribution in [2.24, 2.45) is 0 Å². The normalized spacial score (nSPS) is 14.4. The lowest BCUT2D eigenvalue weighted by Crippen LogP contribution is -2.33. The predicted octanol–water partition coefficient (Wildman–Crippen LogP) is 3.52. The first kappa shape index (κ1) is 14.8. The van der Waals surface area contributed by atoms with Crippen LogP contribution in [-0.2, 0) is 0 Å². The summed E-state index contributed by atoms with van der Waals surface area (Å²) < 4.78 is 10.7. The van der Waals surface area contributed by atoms with Gasteiger partial charge in [0.2, 0.25) is 11.7 Å². The second-order valence-electron chi connectivity index (χ2n) is 5.10. The maximum atomic E-state index is 5.43. The molecule has 5 heteroatoms. The Balaban J connectivity index is 2.13. The molecule has 20 heavy (non-hydrogen) atoms. The summed E-state index contributed by atoms with van der Waals surface area (Å²) >= 11 is 0. The highest BCUT2D eigenvalue weighted by Gasteiger charge is 2.23. The van der Waals surface area contributed by atoms with Gasteiger partial charge in [0, 0.05) is 6.04 Å². The summed E-state index contributed by atoms with van der Waals surface area (Å²) in [6, 6.07) is 2.22. The first-order chi connectivity index (χ1) is 9.67. The van der Waals surface area contributed by atoms with Crippen LogP contribution in [0.5, 0.6) is 0 Å². The van der Waals surface area contributed by atoms with Gasteiger partial charge >= 0.3 is 0 Å². The summed E-state index contributed by atoms with van der Waals surface area (Å²) in [7, 11) is 0. The van der Waals surface area contributed by atoms with Crippen LogP contribution in [-0.4, -0.2) is 22.7 Å². The molecule has 0 radical (unpaired) electrons. The Morgan fingerprint density at radius 2 is 2.15 bits per heavy atom. The van der Waals surface area contributed by atoms with E-state index in [1.807, 2.05) is 13.0 Å². The topological polar surface area (TPSA) is 64.1 Å². The molecule has 110 valence electrons. The summed E-state index contributed by atoms with van der Waals surface area (Å²) in [6.07, 6.45) is 3.79. The smallest absolute Gasteiger partial charge is 0.231 e. The van der Waals surface area contributed by atoms with Crippen LogP contribution < -0.4 is 5.32 Å². The van der Waals surface area contributed by atoms with Crippen molar-refractivity contribution in [3.63, 3.8) is 0 Å². The minimum Gasteiger partial charge on any atom is -0.469 e. The van der Waals surface area contributed by atoms with Gasteiger partial charge in [0.15, 0.2) is 0 Å². The fraction of sp³-hybridized carbons (Fsp3) is 0.600. The number of furan rings is 1. The average Bonchev–Trinajstić information content (AvgIpc) is 3.07. The molecule has 0 spiro atoms. The molecule has 1 N–H and O–H groups in total. The number of rotatable bonds is 7. The fourth-order valence-corrected chi connectivity index (χ4v) is 2.32. The highest BCUT2D eigenvalue weighted by atomic mass is 16.5. The number of hydrogen-bond donors (Lipinski definition) is 1. The van der Waals surface area contributed by atoms with Gasteiger partial charge < -0.3 is 14.3 Å². The van der Waals surface area contributed by atoms with Gasteiger partial charge in [-0.3, -0.25) is 0 Å². The number of hydrogen-bond acceptors (Lipinski definition) is 5. The van der Waals surface area contributed by atoms with E-state index in [9.17, 15) is 0 Å². The van der Waals surface area contributed by atoms with Gasteiger partial charge in [-0.15, -0.1) is 0 Å². The van der Waals surface area contributed by atoms with Crippen molar-refractivity contribution in [2.75, 3.05) is 6.54 Å². The first-order valence-corrected chi connectivity index (χ1v) is 7.28. The lowest BCUT2D eigenvalue weighted by molar-refractivity contribution is 0.319. The van der Waals surface area contributed by atoms with Crippen LogP contribution >= 0.6 is 0 Å². The summed E-state index contributed by atoms with van der Waals surface area (Å²) in [5.41, 5.74) is 0.891. The number of nitrogens with zero attached hydrogens (tertiary/aromatic N) is 2. The van der Waals surface area contributed by atoms with Gasteiger partial charge in [-0.2, -0.15) is 4.98 Å². The highest BCUT2D eigenvalue weighted by molar-refractivity contribution is 5.56. The van der Waals surface area contributed by atoms with Crippen LogP contribution in [0.25, 0.3) is 11.4 Å². The maximum Gasteiger partial charge on any atom is 0.231 e.